The summed E-state index contributed by atoms with van der Waals surface area (Å²) in [5.74, 6) is -1.52. The lowest BCUT2D eigenvalue weighted by Crippen LogP contribution is -2.07. The molecule has 0 atom stereocenters. The number of hydrogen-bond acceptors (Lipinski definition) is 4. The number of carboxylic acid groups (broad SMARTS) is 2. The fraction of sp³-hybridized carbons (Fsp3) is 0.179. The molecule has 0 saturated heterocycles. The molecule has 0 unspecified atom stereocenters. The highest BCUT2D eigenvalue weighted by Crippen LogP contribution is 2.28. The minimum absolute atomic E-state index is 0.00888. The molecule has 0 radical (unpaired) electrons. The third-order valence-corrected chi connectivity index (χ3v) is 5.83. The lowest BCUT2D eigenvalue weighted by Gasteiger charge is -2.12. The number of benzene rings is 3. The van der Waals surface area contributed by atoms with E-state index < -0.39 is 11.9 Å². The van der Waals surface area contributed by atoms with Crippen molar-refractivity contribution in [3.8, 4) is 17.0 Å². The first kappa shape index (κ1) is 23.8. The van der Waals surface area contributed by atoms with Crippen LogP contribution in [0.1, 0.15) is 48.5 Å². The predicted molar refractivity (Wildman–Crippen MR) is 132 cm³/mol. The van der Waals surface area contributed by atoms with Gasteiger partial charge < -0.3 is 14.9 Å². The van der Waals surface area contributed by atoms with Crippen LogP contribution in [0.3, 0.4) is 0 Å². The highest BCUT2D eigenvalue weighted by molar-refractivity contribution is 5.95. The molecule has 3 aromatic carbocycles. The third-order valence-electron chi connectivity index (χ3n) is 5.83. The molecule has 0 amide bonds. The largest absolute Gasteiger partial charge is 0.489 e. The molecule has 0 aliphatic rings. The number of rotatable bonds is 8. The molecule has 0 saturated carbocycles. The number of carboxylic acids is 2. The van der Waals surface area contributed by atoms with Crippen LogP contribution in [-0.4, -0.2) is 31.9 Å². The zero-order valence-electron chi connectivity index (χ0n) is 19.8. The molecule has 0 aliphatic carbocycles. The van der Waals surface area contributed by atoms with Gasteiger partial charge in [0, 0.05) is 18.8 Å². The van der Waals surface area contributed by atoms with Gasteiger partial charge >= 0.3 is 11.9 Å². The monoisotopic (exact) mass is 470 g/mol. The minimum Gasteiger partial charge on any atom is -0.489 e. The lowest BCUT2D eigenvalue weighted by atomic mass is 9.97. The maximum absolute atomic E-state index is 11.7. The molecule has 0 aliphatic heterocycles. The molecule has 1 aromatic heterocycles. The van der Waals surface area contributed by atoms with E-state index in [0.717, 1.165) is 39.3 Å². The van der Waals surface area contributed by atoms with Crippen molar-refractivity contribution < 1.29 is 24.5 Å². The first-order valence-electron chi connectivity index (χ1n) is 11.1. The second-order valence-corrected chi connectivity index (χ2v) is 8.58. The topological polar surface area (TPSA) is 102 Å². The fourth-order valence-corrected chi connectivity index (χ4v) is 4.12. The van der Waals surface area contributed by atoms with Gasteiger partial charge in [-0.25, -0.2) is 9.59 Å². The summed E-state index contributed by atoms with van der Waals surface area (Å²) in [7, 11) is 1.91. The molecular formula is C28H26N2O5. The lowest BCUT2D eigenvalue weighted by molar-refractivity contribution is 0.0695. The number of nitrogens with zero attached hydrogens (tertiary/aromatic N) is 2. The predicted octanol–water partition coefficient (Wildman–Crippen LogP) is 5.27. The Morgan fingerprint density at radius 1 is 0.914 bits per heavy atom. The van der Waals surface area contributed by atoms with Gasteiger partial charge in [-0.2, -0.15) is 5.10 Å². The van der Waals surface area contributed by atoms with Gasteiger partial charge in [0.1, 0.15) is 12.4 Å². The summed E-state index contributed by atoms with van der Waals surface area (Å²) >= 11 is 0. The zero-order valence-corrected chi connectivity index (χ0v) is 19.8. The van der Waals surface area contributed by atoms with Gasteiger partial charge in [0.15, 0.2) is 0 Å². The third kappa shape index (κ3) is 5.41. The molecule has 4 aromatic rings. The summed E-state index contributed by atoms with van der Waals surface area (Å²) in [6.45, 7) is 4.40. The average Bonchev–Trinajstić information content (AvgIpc) is 3.16. The average molecular weight is 471 g/mol. The van der Waals surface area contributed by atoms with Gasteiger partial charge in [-0.15, -0.1) is 0 Å². The Morgan fingerprint density at radius 2 is 1.69 bits per heavy atom. The Labute approximate surface area is 203 Å². The molecule has 0 bridgehead atoms. The van der Waals surface area contributed by atoms with Crippen LogP contribution in [0.2, 0.25) is 0 Å². The Bertz CT molecular complexity index is 1420. The van der Waals surface area contributed by atoms with Crippen molar-refractivity contribution in [2.45, 2.75) is 26.9 Å². The van der Waals surface area contributed by atoms with Crippen molar-refractivity contribution in [2.24, 2.45) is 7.05 Å². The van der Waals surface area contributed by atoms with Gasteiger partial charge in [-0.1, -0.05) is 30.3 Å². The molecule has 1 heterocycles. The summed E-state index contributed by atoms with van der Waals surface area (Å²) in [6, 6.07) is 17.9. The quantitative estimate of drug-likeness (QED) is 0.364. The van der Waals surface area contributed by atoms with Crippen LogP contribution in [0.25, 0.3) is 11.3 Å². The van der Waals surface area contributed by atoms with E-state index in [-0.39, 0.29) is 11.1 Å². The molecular weight excluding hydrogens is 444 g/mol. The standard InChI is InChI=1S/C28H26N2O5/c1-17-11-22(26-18(2)15-30(3)29-26)9-10-25(17)35-16-20-6-4-5-19(12-20)13-21-7-8-23(27(31)32)14-24(21)28(33)34/h4-12,14-15H,13,16H2,1-3H3,(H,31,32)(H,33,34). The minimum atomic E-state index is -1.16. The van der Waals surface area contributed by atoms with Gasteiger partial charge in [-0.3, -0.25) is 4.68 Å². The Morgan fingerprint density at radius 3 is 2.34 bits per heavy atom. The van der Waals surface area contributed by atoms with Crippen molar-refractivity contribution in [1.29, 1.82) is 0 Å². The van der Waals surface area contributed by atoms with Crippen LogP contribution in [0.5, 0.6) is 5.75 Å². The van der Waals surface area contributed by atoms with E-state index in [1.54, 1.807) is 10.7 Å². The first-order chi connectivity index (χ1) is 16.7. The van der Waals surface area contributed by atoms with E-state index in [4.69, 9.17) is 9.84 Å². The van der Waals surface area contributed by atoms with E-state index in [1.807, 2.05) is 63.5 Å². The number of carbonyl (C=O) groups is 2. The fourth-order valence-electron chi connectivity index (χ4n) is 4.12. The highest BCUT2D eigenvalue weighted by atomic mass is 16.5. The molecule has 0 spiro atoms. The Kier molecular flexibility index (Phi) is 6.68. The zero-order chi connectivity index (χ0) is 25.1. The van der Waals surface area contributed by atoms with Crippen molar-refractivity contribution in [1.82, 2.24) is 9.78 Å². The number of aryl methyl sites for hydroxylation is 3. The summed E-state index contributed by atoms with van der Waals surface area (Å²) in [5.41, 5.74) is 6.47. The van der Waals surface area contributed by atoms with E-state index in [9.17, 15) is 14.7 Å². The van der Waals surface area contributed by atoms with Crippen LogP contribution in [0.15, 0.2) is 66.9 Å². The van der Waals surface area contributed by atoms with E-state index in [1.165, 1.54) is 12.1 Å². The van der Waals surface area contributed by atoms with E-state index >= 15 is 0 Å². The molecule has 178 valence electrons. The normalized spacial score (nSPS) is 10.8. The van der Waals surface area contributed by atoms with Crippen LogP contribution in [0.4, 0.5) is 0 Å². The number of aromatic carboxylic acids is 2. The Hall–Kier alpha value is -4.39. The summed E-state index contributed by atoms with van der Waals surface area (Å²) in [5, 5.41) is 23.2. The molecule has 7 nitrogen and oxygen atoms in total. The molecule has 35 heavy (non-hydrogen) atoms. The van der Waals surface area contributed by atoms with E-state index in [0.29, 0.717) is 18.6 Å². The van der Waals surface area contributed by atoms with Crippen LogP contribution in [-0.2, 0) is 20.1 Å². The van der Waals surface area contributed by atoms with Crippen LogP contribution < -0.4 is 4.74 Å². The molecule has 0 fully saturated rings. The van der Waals surface area contributed by atoms with Gasteiger partial charge in [0.2, 0.25) is 0 Å². The van der Waals surface area contributed by atoms with Gasteiger partial charge in [0.05, 0.1) is 16.8 Å². The molecule has 2 N–H and O–H groups in total. The summed E-state index contributed by atoms with van der Waals surface area (Å²) < 4.78 is 7.88. The maximum atomic E-state index is 11.7. The smallest absolute Gasteiger partial charge is 0.336 e. The number of hydrogen-bond donors (Lipinski definition) is 2. The number of ether oxygens (including phenoxy) is 1. The second kappa shape index (κ2) is 9.85. The van der Waals surface area contributed by atoms with Crippen LogP contribution in [0, 0.1) is 13.8 Å². The SMILES string of the molecule is Cc1cc(-c2nn(C)cc2C)ccc1OCc1cccc(Cc2ccc(C(=O)O)cc2C(=O)O)c1. The number of aromatic nitrogens is 2. The summed E-state index contributed by atoms with van der Waals surface area (Å²) in [4.78, 5) is 22.9. The Balaban J connectivity index is 1.48. The first-order valence-corrected chi connectivity index (χ1v) is 11.1. The van der Waals surface area contributed by atoms with Crippen molar-refractivity contribution in [2.75, 3.05) is 0 Å². The van der Waals surface area contributed by atoms with Crippen LogP contribution >= 0.6 is 0 Å². The van der Waals surface area contributed by atoms with Gasteiger partial charge in [-0.05, 0) is 78.4 Å². The van der Waals surface area contributed by atoms with Crippen molar-refractivity contribution in [3.05, 3.63) is 106 Å². The van der Waals surface area contributed by atoms with Crippen molar-refractivity contribution in [3.63, 3.8) is 0 Å². The van der Waals surface area contributed by atoms with Gasteiger partial charge in [0.25, 0.3) is 0 Å². The highest BCUT2D eigenvalue weighted by Gasteiger charge is 2.15. The van der Waals surface area contributed by atoms with Crippen molar-refractivity contribution >= 4 is 11.9 Å². The summed E-state index contributed by atoms with van der Waals surface area (Å²) in [6.07, 6.45) is 2.36. The molecule has 7 heteroatoms. The second-order valence-electron chi connectivity index (χ2n) is 8.58. The molecule has 4 rings (SSSR count). The van der Waals surface area contributed by atoms with E-state index in [2.05, 4.69) is 11.2 Å². The maximum Gasteiger partial charge on any atom is 0.336 e.